The SMILES string of the molecule is COCc1ccc(CNC(=O)c2ccc3c(c2)C(=O)N(CC2CCCO2)C3=O)cc1. The first-order valence-electron chi connectivity index (χ1n) is 10.0. The van der Waals surface area contributed by atoms with Crippen molar-refractivity contribution in [3.05, 3.63) is 70.3 Å². The number of imide groups is 1. The Kier molecular flexibility index (Phi) is 5.92. The smallest absolute Gasteiger partial charge is 0.261 e. The first-order valence-corrected chi connectivity index (χ1v) is 10.0. The molecule has 2 aliphatic rings. The van der Waals surface area contributed by atoms with Gasteiger partial charge in [-0.25, -0.2) is 0 Å². The summed E-state index contributed by atoms with van der Waals surface area (Å²) in [5.74, 6) is -0.987. The molecule has 1 fully saturated rings. The fourth-order valence-electron chi connectivity index (χ4n) is 3.79. The molecule has 2 aromatic carbocycles. The number of nitrogens with one attached hydrogen (secondary N) is 1. The highest BCUT2D eigenvalue weighted by Crippen LogP contribution is 2.26. The molecule has 2 aromatic rings. The molecule has 3 amide bonds. The fourth-order valence-corrected chi connectivity index (χ4v) is 3.79. The van der Waals surface area contributed by atoms with Crippen LogP contribution in [0.15, 0.2) is 42.5 Å². The highest BCUT2D eigenvalue weighted by Gasteiger charge is 2.37. The van der Waals surface area contributed by atoms with Gasteiger partial charge >= 0.3 is 0 Å². The van der Waals surface area contributed by atoms with Gasteiger partial charge in [-0.05, 0) is 42.2 Å². The van der Waals surface area contributed by atoms with Crippen molar-refractivity contribution in [3.63, 3.8) is 0 Å². The number of amides is 3. The Morgan fingerprint density at radius 1 is 1.10 bits per heavy atom. The van der Waals surface area contributed by atoms with Crippen LogP contribution in [0.2, 0.25) is 0 Å². The molecule has 0 saturated carbocycles. The molecule has 1 N–H and O–H groups in total. The number of carbonyl (C=O) groups is 3. The van der Waals surface area contributed by atoms with Gasteiger partial charge in [-0.2, -0.15) is 0 Å². The average Bonchev–Trinajstić information content (AvgIpc) is 3.36. The molecule has 4 rings (SSSR count). The maximum atomic E-state index is 12.7. The minimum Gasteiger partial charge on any atom is -0.380 e. The van der Waals surface area contributed by atoms with E-state index in [1.165, 1.54) is 11.0 Å². The lowest BCUT2D eigenvalue weighted by atomic mass is 10.1. The second kappa shape index (κ2) is 8.77. The van der Waals surface area contributed by atoms with Crippen LogP contribution in [0.4, 0.5) is 0 Å². The van der Waals surface area contributed by atoms with Crippen LogP contribution < -0.4 is 5.32 Å². The van der Waals surface area contributed by atoms with Crippen molar-refractivity contribution in [1.82, 2.24) is 10.2 Å². The lowest BCUT2D eigenvalue weighted by Crippen LogP contribution is -2.36. The number of hydrogen-bond acceptors (Lipinski definition) is 5. The van der Waals surface area contributed by atoms with E-state index in [1.807, 2.05) is 24.3 Å². The Morgan fingerprint density at radius 2 is 1.83 bits per heavy atom. The Bertz CT molecular complexity index is 964. The van der Waals surface area contributed by atoms with Gasteiger partial charge in [0.1, 0.15) is 0 Å². The van der Waals surface area contributed by atoms with Crippen LogP contribution in [-0.2, 0) is 22.6 Å². The van der Waals surface area contributed by atoms with Crippen molar-refractivity contribution >= 4 is 17.7 Å². The van der Waals surface area contributed by atoms with E-state index in [2.05, 4.69) is 5.32 Å². The Hall–Kier alpha value is -3.03. The van der Waals surface area contributed by atoms with Gasteiger partial charge in [0.05, 0.1) is 30.4 Å². The van der Waals surface area contributed by atoms with Crippen molar-refractivity contribution in [3.8, 4) is 0 Å². The number of ether oxygens (including phenoxy) is 2. The Balaban J connectivity index is 1.41. The molecule has 7 heteroatoms. The van der Waals surface area contributed by atoms with Gasteiger partial charge in [0.15, 0.2) is 0 Å². The third-order valence-electron chi connectivity index (χ3n) is 5.43. The van der Waals surface area contributed by atoms with E-state index in [4.69, 9.17) is 9.47 Å². The quantitative estimate of drug-likeness (QED) is 0.712. The fraction of sp³-hybridized carbons (Fsp3) is 0.348. The standard InChI is InChI=1S/C23H24N2O5/c1-29-14-16-6-4-15(5-7-16)12-24-21(26)17-8-9-19-20(11-17)23(28)25(22(19)27)13-18-3-2-10-30-18/h4-9,11,18H,2-3,10,12-14H2,1H3,(H,24,26). The molecule has 0 radical (unpaired) electrons. The van der Waals surface area contributed by atoms with Crippen molar-refractivity contribution in [2.75, 3.05) is 20.3 Å². The van der Waals surface area contributed by atoms with E-state index in [-0.39, 0.29) is 35.9 Å². The van der Waals surface area contributed by atoms with E-state index in [1.54, 1.807) is 19.2 Å². The van der Waals surface area contributed by atoms with Crippen LogP contribution in [0.5, 0.6) is 0 Å². The van der Waals surface area contributed by atoms with Crippen LogP contribution in [-0.4, -0.2) is 49.0 Å². The van der Waals surface area contributed by atoms with Gasteiger partial charge in [-0.3, -0.25) is 19.3 Å². The number of methoxy groups -OCH3 is 1. The van der Waals surface area contributed by atoms with Crippen molar-refractivity contribution in [2.24, 2.45) is 0 Å². The molecule has 156 valence electrons. The van der Waals surface area contributed by atoms with Crippen LogP contribution in [0, 0.1) is 0 Å². The summed E-state index contributed by atoms with van der Waals surface area (Å²) in [6.45, 7) is 1.82. The third kappa shape index (κ3) is 4.13. The van der Waals surface area contributed by atoms with Crippen molar-refractivity contribution < 1.29 is 23.9 Å². The zero-order valence-corrected chi connectivity index (χ0v) is 16.8. The molecule has 1 atom stereocenters. The summed E-state index contributed by atoms with van der Waals surface area (Å²) in [5.41, 5.74) is 2.98. The normalized spacial score (nSPS) is 18.0. The molecule has 1 saturated heterocycles. The average molecular weight is 408 g/mol. The maximum absolute atomic E-state index is 12.7. The van der Waals surface area contributed by atoms with Crippen molar-refractivity contribution in [2.45, 2.75) is 32.1 Å². The van der Waals surface area contributed by atoms with Gasteiger partial charge in [0.2, 0.25) is 0 Å². The summed E-state index contributed by atoms with van der Waals surface area (Å²) in [4.78, 5) is 39.1. The van der Waals surface area contributed by atoms with E-state index in [0.29, 0.717) is 30.9 Å². The summed E-state index contributed by atoms with van der Waals surface area (Å²) < 4.78 is 10.6. The van der Waals surface area contributed by atoms with E-state index >= 15 is 0 Å². The molecule has 2 aliphatic heterocycles. The first kappa shape index (κ1) is 20.3. The second-order valence-electron chi connectivity index (χ2n) is 7.55. The summed E-state index contributed by atoms with van der Waals surface area (Å²) >= 11 is 0. The molecule has 2 heterocycles. The molecule has 0 spiro atoms. The van der Waals surface area contributed by atoms with Crippen LogP contribution in [0.25, 0.3) is 0 Å². The number of nitrogens with zero attached hydrogens (tertiary/aromatic N) is 1. The number of fused-ring (bicyclic) bond motifs is 1. The molecular weight excluding hydrogens is 384 g/mol. The van der Waals surface area contributed by atoms with Gasteiger partial charge in [-0.1, -0.05) is 24.3 Å². The predicted molar refractivity (Wildman–Crippen MR) is 109 cm³/mol. The van der Waals surface area contributed by atoms with E-state index < -0.39 is 0 Å². The van der Waals surface area contributed by atoms with Gasteiger partial charge in [-0.15, -0.1) is 0 Å². The van der Waals surface area contributed by atoms with Crippen molar-refractivity contribution in [1.29, 1.82) is 0 Å². The molecule has 0 bridgehead atoms. The third-order valence-corrected chi connectivity index (χ3v) is 5.43. The second-order valence-corrected chi connectivity index (χ2v) is 7.55. The molecule has 1 unspecified atom stereocenters. The minimum atomic E-state index is -0.367. The van der Waals surface area contributed by atoms with Crippen LogP contribution in [0.3, 0.4) is 0 Å². The van der Waals surface area contributed by atoms with E-state index in [0.717, 1.165) is 24.0 Å². The summed E-state index contributed by atoms with van der Waals surface area (Å²) in [6.07, 6.45) is 1.67. The highest BCUT2D eigenvalue weighted by atomic mass is 16.5. The molecular formula is C23H24N2O5. The van der Waals surface area contributed by atoms with Crippen LogP contribution in [0.1, 0.15) is 55.0 Å². The van der Waals surface area contributed by atoms with Gasteiger partial charge in [0.25, 0.3) is 17.7 Å². The minimum absolute atomic E-state index is 0.106. The summed E-state index contributed by atoms with van der Waals surface area (Å²) in [5, 5.41) is 2.85. The zero-order chi connectivity index (χ0) is 21.1. The zero-order valence-electron chi connectivity index (χ0n) is 16.8. The number of carbonyl (C=O) groups excluding carboxylic acids is 3. The molecule has 7 nitrogen and oxygen atoms in total. The Morgan fingerprint density at radius 3 is 2.53 bits per heavy atom. The first-order chi connectivity index (χ1) is 14.6. The summed E-state index contributed by atoms with van der Waals surface area (Å²) in [7, 11) is 1.64. The number of benzene rings is 2. The summed E-state index contributed by atoms with van der Waals surface area (Å²) in [6, 6.07) is 12.4. The molecule has 0 aliphatic carbocycles. The lowest BCUT2D eigenvalue weighted by Gasteiger charge is -2.17. The maximum Gasteiger partial charge on any atom is 0.261 e. The predicted octanol–water partition coefficient (Wildman–Crippen LogP) is 2.54. The highest BCUT2D eigenvalue weighted by molar-refractivity contribution is 6.22. The molecule has 0 aromatic heterocycles. The van der Waals surface area contributed by atoms with E-state index in [9.17, 15) is 14.4 Å². The molecule has 30 heavy (non-hydrogen) atoms. The lowest BCUT2D eigenvalue weighted by molar-refractivity contribution is 0.0475. The van der Waals surface area contributed by atoms with Gasteiger partial charge in [0, 0.05) is 25.8 Å². The number of hydrogen-bond donors (Lipinski definition) is 1. The topological polar surface area (TPSA) is 84.9 Å². The number of rotatable bonds is 7. The van der Waals surface area contributed by atoms with Crippen LogP contribution >= 0.6 is 0 Å². The monoisotopic (exact) mass is 408 g/mol. The van der Waals surface area contributed by atoms with Gasteiger partial charge < -0.3 is 14.8 Å². The largest absolute Gasteiger partial charge is 0.380 e. The Labute approximate surface area is 175 Å².